The quantitative estimate of drug-likeness (QED) is 0.247. The lowest BCUT2D eigenvalue weighted by atomic mass is 10.1. The zero-order valence-corrected chi connectivity index (χ0v) is 18.8. The van der Waals surface area contributed by atoms with E-state index in [1.165, 1.54) is 18.2 Å². The molecule has 15 heteroatoms. The van der Waals surface area contributed by atoms with Gasteiger partial charge in [0.25, 0.3) is 20.2 Å². The van der Waals surface area contributed by atoms with Gasteiger partial charge in [-0.1, -0.05) is 11.6 Å². The van der Waals surface area contributed by atoms with Gasteiger partial charge in [0, 0.05) is 17.3 Å². The number of hydrogen-bond donors (Lipinski definition) is 5. The number of aromatic hydroxyl groups is 2. The van der Waals surface area contributed by atoms with Crippen molar-refractivity contribution in [3.05, 3.63) is 41.4 Å². The van der Waals surface area contributed by atoms with Gasteiger partial charge in [0.2, 0.25) is 5.91 Å². The summed E-state index contributed by atoms with van der Waals surface area (Å²) in [5, 5.41) is 29.8. The maximum absolute atomic E-state index is 12.0. The first kappa shape index (κ1) is 24.3. The highest BCUT2D eigenvalue weighted by Crippen LogP contribution is 2.45. The molecule has 33 heavy (non-hydrogen) atoms. The molecule has 0 spiro atoms. The van der Waals surface area contributed by atoms with Gasteiger partial charge in [0.1, 0.15) is 22.0 Å². The molecule has 5 N–H and O–H groups in total. The number of azo groups is 1. The van der Waals surface area contributed by atoms with E-state index in [1.807, 2.05) is 0 Å². The predicted octanol–water partition coefficient (Wildman–Crippen LogP) is 3.77. The summed E-state index contributed by atoms with van der Waals surface area (Å²) in [5.74, 6) is -1.97. The number of rotatable bonds is 5. The molecule has 3 rings (SSSR count). The molecule has 0 heterocycles. The molecule has 12 nitrogen and oxygen atoms in total. The summed E-state index contributed by atoms with van der Waals surface area (Å²) >= 11 is 5.82. The van der Waals surface area contributed by atoms with Crippen LogP contribution < -0.4 is 5.32 Å². The number of fused-ring (bicyclic) bond motifs is 1. The Morgan fingerprint density at radius 3 is 2.21 bits per heavy atom. The van der Waals surface area contributed by atoms with E-state index in [4.69, 9.17) is 11.6 Å². The summed E-state index contributed by atoms with van der Waals surface area (Å²) in [4.78, 5) is 9.90. The van der Waals surface area contributed by atoms with Crippen molar-refractivity contribution in [1.82, 2.24) is 0 Å². The zero-order valence-electron chi connectivity index (χ0n) is 16.4. The van der Waals surface area contributed by atoms with E-state index in [0.29, 0.717) is 0 Å². The van der Waals surface area contributed by atoms with Crippen LogP contribution in [0.1, 0.15) is 6.92 Å². The van der Waals surface area contributed by atoms with E-state index in [9.17, 15) is 40.9 Å². The Morgan fingerprint density at radius 2 is 1.64 bits per heavy atom. The average Bonchev–Trinajstić information content (AvgIpc) is 2.67. The standard InChI is InChI=1S/C18H14ClN3O9S2/c1-8(23)20-13-7-11(32(26,27)28)4-9-5-15(33(29,30)31)17(18(25)16(9)13)22-21-12-6-10(19)2-3-14(12)24/h2-7,24-25H,1H3,(H,20,23)(H,26,27,28)(H,29,30,31). The summed E-state index contributed by atoms with van der Waals surface area (Å²) in [7, 11) is -9.86. The number of phenolic OH excluding ortho intramolecular Hbond substituents is 2. The number of anilines is 1. The molecule has 3 aromatic carbocycles. The summed E-state index contributed by atoms with van der Waals surface area (Å²) in [6.45, 7) is 1.08. The molecule has 0 bridgehead atoms. The largest absolute Gasteiger partial charge is 0.506 e. The topological polar surface area (TPSA) is 203 Å². The molecule has 0 atom stereocenters. The van der Waals surface area contributed by atoms with Crippen molar-refractivity contribution in [2.75, 3.05) is 5.32 Å². The predicted molar refractivity (Wildman–Crippen MR) is 117 cm³/mol. The zero-order chi connectivity index (χ0) is 24.7. The maximum Gasteiger partial charge on any atom is 0.296 e. The summed E-state index contributed by atoms with van der Waals surface area (Å²) in [5.41, 5.74) is -1.29. The molecule has 0 saturated heterocycles. The Bertz CT molecular complexity index is 1550. The van der Waals surface area contributed by atoms with Crippen molar-refractivity contribution in [1.29, 1.82) is 0 Å². The third-order valence-corrected chi connectivity index (χ3v) is 6.14. The second-order valence-corrected chi connectivity index (χ2v) is 9.85. The van der Waals surface area contributed by atoms with Gasteiger partial charge in [-0.3, -0.25) is 13.9 Å². The van der Waals surface area contributed by atoms with Crippen LogP contribution in [0.5, 0.6) is 11.5 Å². The van der Waals surface area contributed by atoms with Crippen molar-refractivity contribution in [3.8, 4) is 11.5 Å². The minimum Gasteiger partial charge on any atom is -0.506 e. The molecule has 0 aliphatic heterocycles. The molecule has 174 valence electrons. The lowest BCUT2D eigenvalue weighted by molar-refractivity contribution is -0.114. The molecule has 3 aromatic rings. The molecular formula is C18H14ClN3O9S2. The normalized spacial score (nSPS) is 12.4. The number of carbonyl (C=O) groups is 1. The van der Waals surface area contributed by atoms with Crippen LogP contribution in [0.25, 0.3) is 10.8 Å². The highest BCUT2D eigenvalue weighted by atomic mass is 35.5. The number of hydrogen-bond acceptors (Lipinski definition) is 9. The lowest BCUT2D eigenvalue weighted by Gasteiger charge is -2.14. The number of halogens is 1. The van der Waals surface area contributed by atoms with E-state index in [2.05, 4.69) is 15.5 Å². The van der Waals surface area contributed by atoms with Crippen LogP contribution in [0.15, 0.2) is 56.4 Å². The van der Waals surface area contributed by atoms with Crippen molar-refractivity contribution in [2.45, 2.75) is 16.7 Å². The molecule has 0 aromatic heterocycles. The highest BCUT2D eigenvalue weighted by molar-refractivity contribution is 7.86. The van der Waals surface area contributed by atoms with Gasteiger partial charge in [0.05, 0.1) is 10.6 Å². The second kappa shape index (κ2) is 8.57. The molecule has 0 unspecified atom stereocenters. The minimum atomic E-state index is -5.06. The Balaban J connectivity index is 2.42. The van der Waals surface area contributed by atoms with Crippen LogP contribution >= 0.6 is 11.6 Å². The van der Waals surface area contributed by atoms with E-state index in [1.54, 1.807) is 0 Å². The fraction of sp³-hybridized carbons (Fsp3) is 0.0556. The number of amides is 1. The molecule has 0 radical (unpaired) electrons. The van der Waals surface area contributed by atoms with Crippen molar-refractivity contribution in [3.63, 3.8) is 0 Å². The number of benzene rings is 3. The fourth-order valence-corrected chi connectivity index (χ4v) is 4.24. The smallest absolute Gasteiger partial charge is 0.296 e. The summed E-state index contributed by atoms with van der Waals surface area (Å²) in [6, 6.07) is 6.12. The Labute approximate surface area is 191 Å². The van der Waals surface area contributed by atoms with Gasteiger partial charge < -0.3 is 15.5 Å². The van der Waals surface area contributed by atoms with Gasteiger partial charge >= 0.3 is 0 Å². The Kier molecular flexibility index (Phi) is 6.32. The second-order valence-electron chi connectivity index (χ2n) is 6.61. The molecule has 0 saturated carbocycles. The fourth-order valence-electron chi connectivity index (χ4n) is 2.87. The van der Waals surface area contributed by atoms with Gasteiger partial charge in [-0.25, -0.2) is 0 Å². The maximum atomic E-state index is 12.0. The average molecular weight is 516 g/mol. The Hall–Kier alpha value is -3.30. The molecule has 1 amide bonds. The summed E-state index contributed by atoms with van der Waals surface area (Å²) < 4.78 is 66.2. The van der Waals surface area contributed by atoms with Crippen LogP contribution in [0.2, 0.25) is 5.02 Å². The van der Waals surface area contributed by atoms with E-state index in [-0.39, 0.29) is 32.9 Å². The van der Waals surface area contributed by atoms with E-state index >= 15 is 0 Å². The molecule has 0 aliphatic carbocycles. The van der Waals surface area contributed by atoms with Crippen LogP contribution in [0.4, 0.5) is 17.1 Å². The molecule has 0 aliphatic rings. The number of phenols is 2. The van der Waals surface area contributed by atoms with Crippen molar-refractivity contribution in [2.24, 2.45) is 10.2 Å². The van der Waals surface area contributed by atoms with Crippen LogP contribution in [0, 0.1) is 0 Å². The third kappa shape index (κ3) is 5.20. The van der Waals surface area contributed by atoms with Crippen LogP contribution in [-0.4, -0.2) is 42.1 Å². The van der Waals surface area contributed by atoms with Crippen molar-refractivity contribution >= 4 is 65.6 Å². The number of nitrogens with zero attached hydrogens (tertiary/aromatic N) is 2. The van der Waals surface area contributed by atoms with Crippen LogP contribution in [0.3, 0.4) is 0 Å². The lowest BCUT2D eigenvalue weighted by Crippen LogP contribution is -2.08. The third-order valence-electron chi connectivity index (χ3n) is 4.21. The van der Waals surface area contributed by atoms with Gasteiger partial charge in [-0.2, -0.15) is 16.8 Å². The minimum absolute atomic E-state index is 0.158. The molecule has 0 fully saturated rings. The first-order chi connectivity index (χ1) is 15.2. The first-order valence-corrected chi connectivity index (χ1v) is 11.9. The highest BCUT2D eigenvalue weighted by Gasteiger charge is 2.25. The van der Waals surface area contributed by atoms with E-state index < -0.39 is 47.4 Å². The Morgan fingerprint density at radius 1 is 0.970 bits per heavy atom. The van der Waals surface area contributed by atoms with E-state index in [0.717, 1.165) is 25.1 Å². The SMILES string of the molecule is CC(=O)Nc1cc(S(=O)(=O)O)cc2cc(S(=O)(=O)O)c(N=Nc3cc(Cl)ccc3O)c(O)c12. The number of nitrogens with one attached hydrogen (secondary N) is 1. The summed E-state index contributed by atoms with van der Waals surface area (Å²) in [6.07, 6.45) is 0. The molecular weight excluding hydrogens is 502 g/mol. The van der Waals surface area contributed by atoms with Gasteiger partial charge in [-0.15, -0.1) is 10.2 Å². The number of carbonyl (C=O) groups excluding carboxylic acids is 1. The van der Waals surface area contributed by atoms with Crippen molar-refractivity contribution < 1.29 is 40.9 Å². The first-order valence-electron chi connectivity index (χ1n) is 8.65. The van der Waals surface area contributed by atoms with Gasteiger partial charge in [0.15, 0.2) is 5.75 Å². The van der Waals surface area contributed by atoms with Gasteiger partial charge in [-0.05, 0) is 41.8 Å². The monoisotopic (exact) mass is 515 g/mol. The van der Waals surface area contributed by atoms with Crippen LogP contribution in [-0.2, 0) is 25.0 Å².